The van der Waals surface area contributed by atoms with Gasteiger partial charge in [0.05, 0.1) is 6.54 Å². The van der Waals surface area contributed by atoms with Crippen molar-refractivity contribution >= 4 is 5.69 Å². The van der Waals surface area contributed by atoms with E-state index < -0.39 is 0 Å². The number of benzene rings is 1. The van der Waals surface area contributed by atoms with Gasteiger partial charge in [0.15, 0.2) is 0 Å². The molecular weight excluding hydrogens is 324 g/mol. The topological polar surface area (TPSA) is 72.0 Å². The molecule has 1 aromatic carbocycles. The molecule has 1 aromatic heterocycles. The lowest BCUT2D eigenvalue weighted by atomic mass is 9.80. The van der Waals surface area contributed by atoms with Crippen molar-refractivity contribution in [2.45, 2.75) is 57.7 Å². The normalized spacial score (nSPS) is 22.2. The Morgan fingerprint density at radius 2 is 2.08 bits per heavy atom. The van der Waals surface area contributed by atoms with E-state index >= 15 is 0 Å². The molecule has 0 saturated heterocycles. The smallest absolute Gasteiger partial charge is 0.147 e. The molecule has 2 heterocycles. The molecule has 0 unspecified atom stereocenters. The van der Waals surface area contributed by atoms with Crippen LogP contribution in [0.1, 0.15) is 49.3 Å². The monoisotopic (exact) mass is 354 g/mol. The first-order valence-electron chi connectivity index (χ1n) is 9.97. The standard InChI is InChI=1S/C20H30N6/c1-2-26-19(23-24-20(26)16-12-17(21)13-16)14-22-9-11-25-10-5-7-15-6-3-4-8-18(15)25/h3-4,6,8,16-17,22H,2,5,7,9-14,21H2,1H3. The molecule has 2 aromatic rings. The maximum absolute atomic E-state index is 5.93. The van der Waals surface area contributed by atoms with E-state index in [4.69, 9.17) is 5.73 Å². The summed E-state index contributed by atoms with van der Waals surface area (Å²) in [5.74, 6) is 2.66. The predicted molar refractivity (Wildman–Crippen MR) is 104 cm³/mol. The van der Waals surface area contributed by atoms with Crippen LogP contribution in [0.15, 0.2) is 24.3 Å². The van der Waals surface area contributed by atoms with E-state index in [0.29, 0.717) is 12.0 Å². The van der Waals surface area contributed by atoms with Crippen LogP contribution in [0.25, 0.3) is 0 Å². The number of nitrogens with zero attached hydrogens (tertiary/aromatic N) is 4. The molecule has 1 fully saturated rings. The molecule has 6 nitrogen and oxygen atoms in total. The van der Waals surface area contributed by atoms with Crippen LogP contribution in [0.3, 0.4) is 0 Å². The molecule has 1 saturated carbocycles. The first-order chi connectivity index (χ1) is 12.8. The summed E-state index contributed by atoms with van der Waals surface area (Å²) in [5.41, 5.74) is 8.82. The molecule has 1 aliphatic carbocycles. The fraction of sp³-hybridized carbons (Fsp3) is 0.600. The van der Waals surface area contributed by atoms with Gasteiger partial charge in [-0.25, -0.2) is 0 Å². The second kappa shape index (κ2) is 7.76. The summed E-state index contributed by atoms with van der Waals surface area (Å²) in [6.45, 7) is 6.99. The van der Waals surface area contributed by atoms with Gasteiger partial charge in [-0.2, -0.15) is 0 Å². The fourth-order valence-electron chi connectivity index (χ4n) is 4.26. The summed E-state index contributed by atoms with van der Waals surface area (Å²) < 4.78 is 2.26. The Labute approximate surface area is 155 Å². The summed E-state index contributed by atoms with van der Waals surface area (Å²) in [7, 11) is 0. The van der Waals surface area contributed by atoms with Gasteiger partial charge in [0.25, 0.3) is 0 Å². The molecule has 6 heteroatoms. The summed E-state index contributed by atoms with van der Waals surface area (Å²) in [6, 6.07) is 9.13. The summed E-state index contributed by atoms with van der Waals surface area (Å²) in [4.78, 5) is 2.50. The lowest BCUT2D eigenvalue weighted by Crippen LogP contribution is -2.36. The molecule has 2 aliphatic rings. The largest absolute Gasteiger partial charge is 0.370 e. The predicted octanol–water partition coefficient (Wildman–Crippen LogP) is 2.05. The average Bonchev–Trinajstić information content (AvgIpc) is 3.05. The van der Waals surface area contributed by atoms with Gasteiger partial charge in [-0.1, -0.05) is 18.2 Å². The Morgan fingerprint density at radius 1 is 1.23 bits per heavy atom. The maximum Gasteiger partial charge on any atom is 0.147 e. The average molecular weight is 355 g/mol. The molecule has 1 aliphatic heterocycles. The van der Waals surface area contributed by atoms with Gasteiger partial charge in [-0.3, -0.25) is 0 Å². The third-order valence-corrected chi connectivity index (χ3v) is 5.76. The van der Waals surface area contributed by atoms with Crippen LogP contribution >= 0.6 is 0 Å². The molecule has 3 N–H and O–H groups in total. The van der Waals surface area contributed by atoms with Crippen LogP contribution in [0.5, 0.6) is 0 Å². The van der Waals surface area contributed by atoms with Crippen molar-refractivity contribution in [3.8, 4) is 0 Å². The number of aryl methyl sites for hydroxylation is 1. The molecule has 0 spiro atoms. The van der Waals surface area contributed by atoms with Crippen LogP contribution in [0, 0.1) is 0 Å². The highest BCUT2D eigenvalue weighted by molar-refractivity contribution is 5.55. The van der Waals surface area contributed by atoms with Gasteiger partial charge < -0.3 is 20.5 Å². The van der Waals surface area contributed by atoms with Crippen molar-refractivity contribution in [3.05, 3.63) is 41.5 Å². The molecule has 0 radical (unpaired) electrons. The van der Waals surface area contributed by atoms with Crippen molar-refractivity contribution in [2.24, 2.45) is 5.73 Å². The zero-order valence-corrected chi connectivity index (χ0v) is 15.7. The number of fused-ring (bicyclic) bond motifs is 1. The van der Waals surface area contributed by atoms with Crippen molar-refractivity contribution in [1.82, 2.24) is 20.1 Å². The van der Waals surface area contributed by atoms with E-state index in [-0.39, 0.29) is 0 Å². The van der Waals surface area contributed by atoms with E-state index in [0.717, 1.165) is 57.2 Å². The lowest BCUT2D eigenvalue weighted by molar-refractivity contribution is 0.328. The SMILES string of the molecule is CCn1c(CNCCN2CCCc3ccccc32)nnc1C1CC(N)C1. The Balaban J connectivity index is 1.30. The molecule has 0 atom stereocenters. The maximum atomic E-state index is 5.93. The van der Waals surface area contributed by atoms with E-state index in [2.05, 4.69) is 56.2 Å². The van der Waals surface area contributed by atoms with Crippen molar-refractivity contribution in [2.75, 3.05) is 24.5 Å². The molecule has 0 amide bonds. The van der Waals surface area contributed by atoms with Crippen LogP contribution in [-0.4, -0.2) is 40.4 Å². The Bertz CT molecular complexity index is 734. The molecular formula is C20H30N6. The van der Waals surface area contributed by atoms with Gasteiger partial charge in [-0.05, 0) is 44.2 Å². The molecule has 140 valence electrons. The Hall–Kier alpha value is -1.92. The van der Waals surface area contributed by atoms with E-state index in [1.165, 1.54) is 24.1 Å². The lowest BCUT2D eigenvalue weighted by Gasteiger charge is -2.32. The number of nitrogens with two attached hydrogens (primary N) is 1. The molecule has 0 bridgehead atoms. The summed E-state index contributed by atoms with van der Waals surface area (Å²) in [6.07, 6.45) is 4.53. The van der Waals surface area contributed by atoms with Crippen LogP contribution in [0.4, 0.5) is 5.69 Å². The highest BCUT2D eigenvalue weighted by Crippen LogP contribution is 2.34. The Kier molecular flexibility index (Phi) is 5.22. The van der Waals surface area contributed by atoms with Crippen LogP contribution < -0.4 is 16.0 Å². The third kappa shape index (κ3) is 3.48. The minimum Gasteiger partial charge on any atom is -0.370 e. The quantitative estimate of drug-likeness (QED) is 0.745. The minimum absolute atomic E-state index is 0.344. The Morgan fingerprint density at radius 3 is 2.88 bits per heavy atom. The first kappa shape index (κ1) is 17.5. The number of anilines is 1. The molecule has 4 rings (SSSR count). The van der Waals surface area contributed by atoms with Gasteiger partial charge in [0, 0.05) is 43.8 Å². The second-order valence-corrected chi connectivity index (χ2v) is 7.54. The molecule has 26 heavy (non-hydrogen) atoms. The zero-order valence-electron chi connectivity index (χ0n) is 15.7. The second-order valence-electron chi connectivity index (χ2n) is 7.54. The van der Waals surface area contributed by atoms with Crippen molar-refractivity contribution in [1.29, 1.82) is 0 Å². The van der Waals surface area contributed by atoms with Gasteiger partial charge in [0.2, 0.25) is 0 Å². The number of aromatic nitrogens is 3. The van der Waals surface area contributed by atoms with E-state index in [1.54, 1.807) is 0 Å². The van der Waals surface area contributed by atoms with Crippen molar-refractivity contribution < 1.29 is 0 Å². The zero-order chi connectivity index (χ0) is 17.9. The summed E-state index contributed by atoms with van der Waals surface area (Å²) >= 11 is 0. The van der Waals surface area contributed by atoms with E-state index in [9.17, 15) is 0 Å². The third-order valence-electron chi connectivity index (χ3n) is 5.76. The highest BCUT2D eigenvalue weighted by atomic mass is 15.3. The highest BCUT2D eigenvalue weighted by Gasteiger charge is 2.31. The van der Waals surface area contributed by atoms with Gasteiger partial charge in [-0.15, -0.1) is 10.2 Å². The minimum atomic E-state index is 0.344. The fourth-order valence-corrected chi connectivity index (χ4v) is 4.26. The number of para-hydroxylation sites is 1. The van der Waals surface area contributed by atoms with Crippen LogP contribution in [-0.2, 0) is 19.5 Å². The number of hydrogen-bond donors (Lipinski definition) is 2. The first-order valence-corrected chi connectivity index (χ1v) is 9.97. The summed E-state index contributed by atoms with van der Waals surface area (Å²) in [5, 5.41) is 12.4. The van der Waals surface area contributed by atoms with Gasteiger partial charge in [0.1, 0.15) is 11.6 Å². The number of rotatable bonds is 7. The van der Waals surface area contributed by atoms with Crippen LogP contribution in [0.2, 0.25) is 0 Å². The van der Waals surface area contributed by atoms with Crippen molar-refractivity contribution in [3.63, 3.8) is 0 Å². The van der Waals surface area contributed by atoms with E-state index in [1.807, 2.05) is 0 Å². The number of hydrogen-bond acceptors (Lipinski definition) is 5. The van der Waals surface area contributed by atoms with Gasteiger partial charge >= 0.3 is 0 Å². The number of nitrogens with one attached hydrogen (secondary N) is 1.